The van der Waals surface area contributed by atoms with E-state index in [1.54, 1.807) is 6.07 Å². The van der Waals surface area contributed by atoms with Gasteiger partial charge in [0.05, 0.1) is 5.69 Å². The number of likely N-dealkylation sites (tertiary alicyclic amines) is 1. The summed E-state index contributed by atoms with van der Waals surface area (Å²) in [4.78, 5) is 26.3. The molecule has 0 aliphatic carbocycles. The standard InChI is InChI=1S/C20H29F2N3O3/c1-14-11-15(2)13-25(12-14)10-6-5-9-23-18(26)19(27)24-16-7-3-4-8-17(16)28-20(21)22/h3-4,7-8,14-15,20H,5-6,9-13H2,1-2H3,(H,23,26)(H,24,27). The number of halogens is 2. The van der Waals surface area contributed by atoms with E-state index in [4.69, 9.17) is 0 Å². The molecule has 0 aromatic heterocycles. The summed E-state index contributed by atoms with van der Waals surface area (Å²) < 4.78 is 29.1. The number of hydrogen-bond donors (Lipinski definition) is 2. The van der Waals surface area contributed by atoms with Crippen LogP contribution in [0.25, 0.3) is 0 Å². The van der Waals surface area contributed by atoms with Crippen molar-refractivity contribution in [3.05, 3.63) is 24.3 Å². The van der Waals surface area contributed by atoms with Crippen LogP contribution in [0.15, 0.2) is 24.3 Å². The number of nitrogens with one attached hydrogen (secondary N) is 2. The molecule has 2 atom stereocenters. The van der Waals surface area contributed by atoms with Crippen LogP contribution in [0.1, 0.15) is 33.1 Å². The number of hydrogen-bond acceptors (Lipinski definition) is 4. The molecule has 28 heavy (non-hydrogen) atoms. The molecule has 1 aliphatic rings. The van der Waals surface area contributed by atoms with Crippen molar-refractivity contribution in [2.24, 2.45) is 11.8 Å². The molecule has 1 aliphatic heterocycles. The second-order valence-corrected chi connectivity index (χ2v) is 7.50. The number of unbranched alkanes of at least 4 members (excludes halogenated alkanes) is 1. The number of amides is 2. The molecule has 156 valence electrons. The largest absolute Gasteiger partial charge is 0.433 e. The summed E-state index contributed by atoms with van der Waals surface area (Å²) in [6.45, 7) is 5.11. The summed E-state index contributed by atoms with van der Waals surface area (Å²) in [7, 11) is 0. The third kappa shape index (κ3) is 7.42. The van der Waals surface area contributed by atoms with E-state index in [2.05, 4.69) is 34.1 Å². The molecule has 2 unspecified atom stereocenters. The Morgan fingerprint density at radius 3 is 2.50 bits per heavy atom. The van der Waals surface area contributed by atoms with Crippen LogP contribution >= 0.6 is 0 Å². The van der Waals surface area contributed by atoms with Crippen LogP contribution in [-0.4, -0.2) is 49.5 Å². The van der Waals surface area contributed by atoms with E-state index in [1.165, 1.54) is 24.6 Å². The molecular formula is C20H29F2N3O3. The fraction of sp³-hybridized carbons (Fsp3) is 0.600. The average molecular weight is 397 g/mol. The molecule has 2 rings (SSSR count). The Balaban J connectivity index is 1.68. The zero-order valence-electron chi connectivity index (χ0n) is 16.4. The number of ether oxygens (including phenoxy) is 1. The second-order valence-electron chi connectivity index (χ2n) is 7.50. The molecule has 0 bridgehead atoms. The lowest BCUT2D eigenvalue weighted by atomic mass is 9.92. The Bertz CT molecular complexity index is 647. The van der Waals surface area contributed by atoms with Gasteiger partial charge in [0, 0.05) is 19.6 Å². The Hall–Kier alpha value is -2.22. The number of anilines is 1. The monoisotopic (exact) mass is 397 g/mol. The van der Waals surface area contributed by atoms with E-state index < -0.39 is 18.4 Å². The number of para-hydroxylation sites is 2. The van der Waals surface area contributed by atoms with Crippen LogP contribution in [0.4, 0.5) is 14.5 Å². The highest BCUT2D eigenvalue weighted by atomic mass is 19.3. The minimum atomic E-state index is -3.02. The third-order valence-corrected chi connectivity index (χ3v) is 4.69. The molecule has 0 saturated carbocycles. The predicted molar refractivity (Wildman–Crippen MR) is 103 cm³/mol. The first-order valence-electron chi connectivity index (χ1n) is 9.70. The van der Waals surface area contributed by atoms with Crippen molar-refractivity contribution in [3.63, 3.8) is 0 Å². The van der Waals surface area contributed by atoms with Crippen molar-refractivity contribution in [2.45, 2.75) is 39.7 Å². The van der Waals surface area contributed by atoms with Crippen molar-refractivity contribution in [1.29, 1.82) is 0 Å². The maximum Gasteiger partial charge on any atom is 0.387 e. The Morgan fingerprint density at radius 2 is 1.82 bits per heavy atom. The van der Waals surface area contributed by atoms with Gasteiger partial charge in [-0.3, -0.25) is 9.59 Å². The third-order valence-electron chi connectivity index (χ3n) is 4.69. The summed E-state index contributed by atoms with van der Waals surface area (Å²) >= 11 is 0. The molecule has 1 saturated heterocycles. The van der Waals surface area contributed by atoms with E-state index >= 15 is 0 Å². The van der Waals surface area contributed by atoms with Gasteiger partial charge in [0.15, 0.2) is 0 Å². The molecule has 2 N–H and O–H groups in total. The highest BCUT2D eigenvalue weighted by Gasteiger charge is 2.21. The fourth-order valence-electron chi connectivity index (χ4n) is 3.66. The van der Waals surface area contributed by atoms with E-state index in [9.17, 15) is 18.4 Å². The van der Waals surface area contributed by atoms with Crippen LogP contribution in [0.2, 0.25) is 0 Å². The van der Waals surface area contributed by atoms with Crippen LogP contribution in [0, 0.1) is 11.8 Å². The van der Waals surface area contributed by atoms with Crippen molar-refractivity contribution in [1.82, 2.24) is 10.2 Å². The molecule has 6 nitrogen and oxygen atoms in total. The Kier molecular flexibility index (Phi) is 8.63. The van der Waals surface area contributed by atoms with Gasteiger partial charge in [-0.1, -0.05) is 26.0 Å². The lowest BCUT2D eigenvalue weighted by Crippen LogP contribution is -2.39. The number of nitrogens with zero attached hydrogens (tertiary/aromatic N) is 1. The predicted octanol–water partition coefficient (Wildman–Crippen LogP) is 3.10. The van der Waals surface area contributed by atoms with Gasteiger partial charge in [-0.2, -0.15) is 8.78 Å². The van der Waals surface area contributed by atoms with Crippen molar-refractivity contribution < 1.29 is 23.1 Å². The summed E-state index contributed by atoms with van der Waals surface area (Å²) in [6, 6.07) is 5.73. The number of piperidine rings is 1. The van der Waals surface area contributed by atoms with Gasteiger partial charge in [0.2, 0.25) is 0 Å². The molecule has 8 heteroatoms. The second kappa shape index (κ2) is 10.9. The quantitative estimate of drug-likeness (QED) is 0.522. The van der Waals surface area contributed by atoms with Crippen LogP contribution in [0.5, 0.6) is 5.75 Å². The highest BCUT2D eigenvalue weighted by Crippen LogP contribution is 2.25. The molecule has 1 aromatic rings. The number of carbonyl (C=O) groups excluding carboxylic acids is 2. The molecule has 0 radical (unpaired) electrons. The minimum Gasteiger partial charge on any atom is -0.433 e. The normalized spacial score (nSPS) is 20.0. The van der Waals surface area contributed by atoms with Gasteiger partial charge in [0.25, 0.3) is 0 Å². The lowest BCUT2D eigenvalue weighted by molar-refractivity contribution is -0.136. The Labute approximate surface area is 164 Å². The summed E-state index contributed by atoms with van der Waals surface area (Å²) in [5.41, 5.74) is 0.0243. The minimum absolute atomic E-state index is 0.0243. The van der Waals surface area contributed by atoms with E-state index in [0.717, 1.165) is 32.5 Å². The van der Waals surface area contributed by atoms with Gasteiger partial charge in [-0.15, -0.1) is 0 Å². The van der Waals surface area contributed by atoms with Crippen LogP contribution in [-0.2, 0) is 9.59 Å². The zero-order chi connectivity index (χ0) is 20.5. The first-order chi connectivity index (χ1) is 13.3. The number of benzene rings is 1. The molecule has 0 spiro atoms. The molecular weight excluding hydrogens is 368 g/mol. The lowest BCUT2D eigenvalue weighted by Gasteiger charge is -2.34. The highest BCUT2D eigenvalue weighted by molar-refractivity contribution is 6.39. The van der Waals surface area contributed by atoms with E-state index in [1.807, 2.05) is 0 Å². The fourth-order valence-corrected chi connectivity index (χ4v) is 3.66. The summed E-state index contributed by atoms with van der Waals surface area (Å²) in [6.07, 6.45) is 2.98. The van der Waals surface area contributed by atoms with Gasteiger partial charge in [0.1, 0.15) is 5.75 Å². The van der Waals surface area contributed by atoms with E-state index in [-0.39, 0.29) is 11.4 Å². The van der Waals surface area contributed by atoms with Gasteiger partial charge >= 0.3 is 18.4 Å². The van der Waals surface area contributed by atoms with E-state index in [0.29, 0.717) is 18.4 Å². The van der Waals surface area contributed by atoms with Gasteiger partial charge < -0.3 is 20.3 Å². The molecule has 1 heterocycles. The van der Waals surface area contributed by atoms with Gasteiger partial charge in [-0.05, 0) is 49.8 Å². The number of rotatable bonds is 8. The first kappa shape index (κ1) is 22.1. The maximum absolute atomic E-state index is 12.4. The van der Waals surface area contributed by atoms with Gasteiger partial charge in [-0.25, -0.2) is 0 Å². The zero-order valence-corrected chi connectivity index (χ0v) is 16.4. The Morgan fingerprint density at radius 1 is 1.14 bits per heavy atom. The molecule has 2 amide bonds. The molecule has 1 aromatic carbocycles. The van der Waals surface area contributed by atoms with Crippen molar-refractivity contribution >= 4 is 17.5 Å². The topological polar surface area (TPSA) is 70.7 Å². The summed E-state index contributed by atoms with van der Waals surface area (Å²) in [5, 5.41) is 4.86. The van der Waals surface area contributed by atoms with Crippen LogP contribution in [0.3, 0.4) is 0 Å². The smallest absolute Gasteiger partial charge is 0.387 e. The van der Waals surface area contributed by atoms with Crippen molar-refractivity contribution in [3.8, 4) is 5.75 Å². The SMILES string of the molecule is CC1CC(C)CN(CCCCNC(=O)C(=O)Nc2ccccc2OC(F)F)C1. The number of alkyl halides is 2. The maximum atomic E-state index is 12.4. The van der Waals surface area contributed by atoms with Crippen LogP contribution < -0.4 is 15.4 Å². The summed E-state index contributed by atoms with van der Waals surface area (Å²) in [5.74, 6) is -0.479. The molecule has 1 fully saturated rings. The average Bonchev–Trinajstić information content (AvgIpc) is 2.61. The van der Waals surface area contributed by atoms with Crippen molar-refractivity contribution in [2.75, 3.05) is 31.5 Å². The number of carbonyl (C=O) groups is 2. The first-order valence-corrected chi connectivity index (χ1v) is 9.70.